The van der Waals surface area contributed by atoms with Gasteiger partial charge in [-0.2, -0.15) is 0 Å². The number of amides is 1. The van der Waals surface area contributed by atoms with Crippen LogP contribution in [-0.2, 0) is 4.79 Å². The molecule has 102 valence electrons. The van der Waals surface area contributed by atoms with Crippen LogP contribution >= 0.6 is 0 Å². The van der Waals surface area contributed by atoms with Crippen molar-refractivity contribution < 1.29 is 24.4 Å². The Bertz CT molecular complexity index is 528. The van der Waals surface area contributed by atoms with Crippen molar-refractivity contribution in [1.82, 2.24) is 0 Å². The van der Waals surface area contributed by atoms with Crippen molar-refractivity contribution in [3.8, 4) is 5.75 Å². The van der Waals surface area contributed by atoms with Crippen LogP contribution < -0.4 is 10.5 Å². The Balaban J connectivity index is 2.97. The molecule has 0 aliphatic rings. The summed E-state index contributed by atoms with van der Waals surface area (Å²) in [6.45, 7) is 1.39. The second-order valence-corrected chi connectivity index (χ2v) is 3.86. The Morgan fingerprint density at radius 3 is 2.63 bits per heavy atom. The number of hydrogen-bond acceptors (Lipinski definition) is 5. The quantitative estimate of drug-likeness (QED) is 0.578. The number of rotatable bonds is 6. The minimum atomic E-state index is -1.28. The van der Waals surface area contributed by atoms with E-state index in [1.54, 1.807) is 0 Å². The summed E-state index contributed by atoms with van der Waals surface area (Å²) >= 11 is 0. The molecule has 0 fully saturated rings. The van der Waals surface area contributed by atoms with Gasteiger partial charge in [0.05, 0.1) is 23.0 Å². The number of nitrogens with two attached hydrogens (primary N) is 1. The van der Waals surface area contributed by atoms with Gasteiger partial charge in [-0.15, -0.1) is 0 Å². The van der Waals surface area contributed by atoms with Gasteiger partial charge in [-0.1, -0.05) is 6.92 Å². The molecule has 0 heterocycles. The van der Waals surface area contributed by atoms with Gasteiger partial charge in [0, 0.05) is 6.07 Å². The Hall–Kier alpha value is -2.64. The van der Waals surface area contributed by atoms with Crippen molar-refractivity contribution in [1.29, 1.82) is 0 Å². The van der Waals surface area contributed by atoms with Crippen LogP contribution in [0.5, 0.6) is 5.75 Å². The van der Waals surface area contributed by atoms with Crippen molar-refractivity contribution in [2.45, 2.75) is 6.92 Å². The van der Waals surface area contributed by atoms with Crippen molar-refractivity contribution >= 4 is 17.6 Å². The van der Waals surface area contributed by atoms with E-state index in [1.807, 2.05) is 0 Å². The number of nitrogens with zero attached hydrogens (tertiary/aromatic N) is 1. The molecule has 0 saturated heterocycles. The summed E-state index contributed by atoms with van der Waals surface area (Å²) in [6.07, 6.45) is 0. The molecule has 0 saturated carbocycles. The third-order valence-electron chi connectivity index (χ3n) is 2.38. The van der Waals surface area contributed by atoms with Crippen molar-refractivity contribution in [2.24, 2.45) is 11.7 Å². The summed E-state index contributed by atoms with van der Waals surface area (Å²) in [4.78, 5) is 31.6. The minimum absolute atomic E-state index is 0.108. The van der Waals surface area contributed by atoms with Gasteiger partial charge < -0.3 is 15.6 Å². The average molecular weight is 268 g/mol. The van der Waals surface area contributed by atoms with Crippen LogP contribution in [0.25, 0.3) is 0 Å². The Kier molecular flexibility index (Phi) is 4.41. The molecule has 1 aromatic rings. The summed E-state index contributed by atoms with van der Waals surface area (Å²) < 4.78 is 5.12. The van der Waals surface area contributed by atoms with E-state index < -0.39 is 28.4 Å². The molecule has 0 aliphatic heterocycles. The second kappa shape index (κ2) is 5.80. The first kappa shape index (κ1) is 14.4. The van der Waals surface area contributed by atoms with Gasteiger partial charge in [0.25, 0.3) is 0 Å². The maximum atomic E-state index is 10.8. The van der Waals surface area contributed by atoms with Crippen LogP contribution in [-0.4, -0.2) is 28.5 Å². The lowest BCUT2D eigenvalue weighted by atomic mass is 10.1. The standard InChI is InChI=1S/C11H12N2O6/c1-6(10(12)14)5-19-9-3-2-7(11(15)16)4-8(9)13(17)18/h2-4,6H,5H2,1H3,(H2,12,14)(H,15,16). The second-order valence-electron chi connectivity index (χ2n) is 3.86. The SMILES string of the molecule is CC(COc1ccc(C(=O)O)cc1[N+](=O)[O-])C(N)=O. The van der Waals surface area contributed by atoms with Crippen molar-refractivity contribution in [3.05, 3.63) is 33.9 Å². The summed E-state index contributed by atoms with van der Waals surface area (Å²) in [7, 11) is 0. The molecular formula is C11H12N2O6. The van der Waals surface area contributed by atoms with Crippen molar-refractivity contribution in [3.63, 3.8) is 0 Å². The van der Waals surface area contributed by atoms with E-state index in [2.05, 4.69) is 0 Å². The van der Waals surface area contributed by atoms with Gasteiger partial charge in [-0.3, -0.25) is 14.9 Å². The van der Waals surface area contributed by atoms with Crippen LogP contribution in [0.3, 0.4) is 0 Å². The lowest BCUT2D eigenvalue weighted by molar-refractivity contribution is -0.385. The maximum Gasteiger partial charge on any atom is 0.335 e. The number of hydrogen-bond donors (Lipinski definition) is 2. The highest BCUT2D eigenvalue weighted by Crippen LogP contribution is 2.28. The lowest BCUT2D eigenvalue weighted by Gasteiger charge is -2.10. The molecule has 1 unspecified atom stereocenters. The molecule has 0 aromatic heterocycles. The number of carboxylic acids is 1. The predicted octanol–water partition coefficient (Wildman–Crippen LogP) is 0.793. The predicted molar refractivity (Wildman–Crippen MR) is 63.9 cm³/mol. The van der Waals surface area contributed by atoms with E-state index in [-0.39, 0.29) is 17.9 Å². The third kappa shape index (κ3) is 3.66. The normalized spacial score (nSPS) is 11.6. The number of primary amides is 1. The highest BCUT2D eigenvalue weighted by molar-refractivity contribution is 5.88. The summed E-state index contributed by atoms with van der Waals surface area (Å²) in [5, 5.41) is 19.6. The molecule has 8 heteroatoms. The number of benzene rings is 1. The first-order chi connectivity index (χ1) is 8.82. The zero-order valence-corrected chi connectivity index (χ0v) is 10.0. The fourth-order valence-corrected chi connectivity index (χ4v) is 1.21. The molecular weight excluding hydrogens is 256 g/mol. The van der Waals surface area contributed by atoms with Gasteiger partial charge in [0.1, 0.15) is 0 Å². The van der Waals surface area contributed by atoms with E-state index in [9.17, 15) is 19.7 Å². The molecule has 8 nitrogen and oxygen atoms in total. The molecule has 0 spiro atoms. The third-order valence-corrected chi connectivity index (χ3v) is 2.38. The van der Waals surface area contributed by atoms with Crippen LogP contribution in [0, 0.1) is 16.0 Å². The van der Waals surface area contributed by atoms with Crippen LogP contribution in [0.15, 0.2) is 18.2 Å². The number of ether oxygens (including phenoxy) is 1. The largest absolute Gasteiger partial charge is 0.486 e. The zero-order valence-electron chi connectivity index (χ0n) is 10.0. The highest BCUT2D eigenvalue weighted by Gasteiger charge is 2.20. The van der Waals surface area contributed by atoms with E-state index in [4.69, 9.17) is 15.6 Å². The molecule has 19 heavy (non-hydrogen) atoms. The summed E-state index contributed by atoms with van der Waals surface area (Å²) in [5.41, 5.74) is 4.34. The number of nitro groups is 1. The average Bonchev–Trinajstić information content (AvgIpc) is 2.35. The molecule has 1 rings (SSSR count). The Morgan fingerprint density at radius 1 is 1.53 bits per heavy atom. The monoisotopic (exact) mass is 268 g/mol. The van der Waals surface area contributed by atoms with Gasteiger partial charge >= 0.3 is 11.7 Å². The number of carboxylic acid groups (broad SMARTS) is 1. The van der Waals surface area contributed by atoms with Gasteiger partial charge in [0.2, 0.25) is 5.91 Å². The first-order valence-corrected chi connectivity index (χ1v) is 5.26. The topological polar surface area (TPSA) is 133 Å². The van der Waals surface area contributed by atoms with E-state index in [0.717, 1.165) is 6.07 Å². The zero-order chi connectivity index (χ0) is 14.6. The Morgan fingerprint density at radius 2 is 2.16 bits per heavy atom. The van der Waals surface area contributed by atoms with Gasteiger partial charge in [-0.25, -0.2) is 4.79 Å². The van der Waals surface area contributed by atoms with Crippen LogP contribution in [0.4, 0.5) is 5.69 Å². The molecule has 0 aliphatic carbocycles. The molecule has 1 atom stereocenters. The van der Waals surface area contributed by atoms with E-state index in [0.29, 0.717) is 0 Å². The fourth-order valence-electron chi connectivity index (χ4n) is 1.21. The summed E-state index contributed by atoms with van der Waals surface area (Å²) in [6, 6.07) is 3.25. The number of carbonyl (C=O) groups excluding carboxylic acids is 1. The van der Waals surface area contributed by atoms with Crippen LogP contribution in [0.2, 0.25) is 0 Å². The number of aromatic carboxylic acids is 1. The van der Waals surface area contributed by atoms with Gasteiger partial charge in [-0.05, 0) is 12.1 Å². The smallest absolute Gasteiger partial charge is 0.335 e. The minimum Gasteiger partial charge on any atom is -0.486 e. The molecule has 1 amide bonds. The van der Waals surface area contributed by atoms with Crippen molar-refractivity contribution in [2.75, 3.05) is 6.61 Å². The first-order valence-electron chi connectivity index (χ1n) is 5.26. The highest BCUT2D eigenvalue weighted by atomic mass is 16.6. The molecule has 0 radical (unpaired) electrons. The molecule has 1 aromatic carbocycles. The lowest BCUT2D eigenvalue weighted by Crippen LogP contribution is -2.25. The molecule has 3 N–H and O–H groups in total. The molecule has 0 bridgehead atoms. The summed E-state index contributed by atoms with van der Waals surface area (Å²) in [5.74, 6) is -2.59. The van der Waals surface area contributed by atoms with Gasteiger partial charge in [0.15, 0.2) is 5.75 Å². The fraction of sp³-hybridized carbons (Fsp3) is 0.273. The number of carbonyl (C=O) groups is 2. The van der Waals surface area contributed by atoms with E-state index in [1.165, 1.54) is 19.1 Å². The van der Waals surface area contributed by atoms with E-state index >= 15 is 0 Å². The Labute approximate surface area is 107 Å². The maximum absolute atomic E-state index is 10.8. The van der Waals surface area contributed by atoms with Crippen LogP contribution in [0.1, 0.15) is 17.3 Å². The number of nitro benzene ring substituents is 1.